The minimum absolute atomic E-state index is 0. The number of nitrogens with one attached hydrogen (secondary N) is 1. The number of amides is 1. The van der Waals surface area contributed by atoms with Gasteiger partial charge < -0.3 is 15.0 Å². The SMILES string of the molecule is CC1COCCN1C(=O)CC1CCNC1.Cl. The molecule has 0 aromatic carbocycles. The largest absolute Gasteiger partial charge is 0.377 e. The fourth-order valence-electron chi connectivity index (χ4n) is 2.35. The highest BCUT2D eigenvalue weighted by atomic mass is 35.5. The Morgan fingerprint density at radius 3 is 3.00 bits per heavy atom. The normalized spacial score (nSPS) is 29.9. The van der Waals surface area contributed by atoms with Gasteiger partial charge in [-0.1, -0.05) is 0 Å². The topological polar surface area (TPSA) is 41.6 Å². The summed E-state index contributed by atoms with van der Waals surface area (Å²) in [7, 11) is 0. The maximum Gasteiger partial charge on any atom is 0.223 e. The Balaban J connectivity index is 0.00000128. The zero-order valence-corrected chi connectivity index (χ0v) is 10.6. The van der Waals surface area contributed by atoms with Gasteiger partial charge in [-0.3, -0.25) is 4.79 Å². The first-order valence-electron chi connectivity index (χ1n) is 5.85. The van der Waals surface area contributed by atoms with Crippen LogP contribution < -0.4 is 5.32 Å². The Kier molecular flexibility index (Phi) is 5.52. The van der Waals surface area contributed by atoms with Crippen LogP contribution in [0.5, 0.6) is 0 Å². The summed E-state index contributed by atoms with van der Waals surface area (Å²) in [6.07, 6.45) is 1.85. The molecule has 2 rings (SSSR count). The van der Waals surface area contributed by atoms with Crippen LogP contribution in [0.4, 0.5) is 0 Å². The van der Waals surface area contributed by atoms with Crippen molar-refractivity contribution in [2.24, 2.45) is 5.92 Å². The molecule has 2 aliphatic heterocycles. The Bertz CT molecular complexity index is 232. The number of carbonyl (C=O) groups excluding carboxylic acids is 1. The second kappa shape index (κ2) is 6.42. The smallest absolute Gasteiger partial charge is 0.223 e. The van der Waals surface area contributed by atoms with Crippen LogP contribution >= 0.6 is 12.4 Å². The monoisotopic (exact) mass is 248 g/mol. The Morgan fingerprint density at radius 1 is 1.56 bits per heavy atom. The van der Waals surface area contributed by atoms with Gasteiger partial charge in [-0.25, -0.2) is 0 Å². The first-order chi connectivity index (χ1) is 7.27. The van der Waals surface area contributed by atoms with E-state index in [-0.39, 0.29) is 18.4 Å². The van der Waals surface area contributed by atoms with Crippen LogP contribution in [0.2, 0.25) is 0 Å². The van der Waals surface area contributed by atoms with Crippen molar-refractivity contribution in [1.82, 2.24) is 10.2 Å². The zero-order chi connectivity index (χ0) is 10.7. The first kappa shape index (κ1) is 13.7. The number of ether oxygens (including phenoxy) is 1. The van der Waals surface area contributed by atoms with Gasteiger partial charge in [0, 0.05) is 13.0 Å². The Hall–Kier alpha value is -0.320. The number of morpholine rings is 1. The van der Waals surface area contributed by atoms with E-state index in [0.29, 0.717) is 31.5 Å². The van der Waals surface area contributed by atoms with E-state index in [1.807, 2.05) is 4.90 Å². The minimum atomic E-state index is 0. The molecule has 16 heavy (non-hydrogen) atoms. The molecule has 2 atom stereocenters. The van der Waals surface area contributed by atoms with Crippen LogP contribution in [0, 0.1) is 5.92 Å². The molecule has 4 nitrogen and oxygen atoms in total. The number of rotatable bonds is 2. The summed E-state index contributed by atoms with van der Waals surface area (Å²) in [5, 5.41) is 3.30. The number of hydrogen-bond donors (Lipinski definition) is 1. The van der Waals surface area contributed by atoms with Crippen molar-refractivity contribution in [1.29, 1.82) is 0 Å². The molecule has 2 heterocycles. The highest BCUT2D eigenvalue weighted by Crippen LogP contribution is 2.16. The molecular weight excluding hydrogens is 228 g/mol. The molecule has 0 aromatic heterocycles. The molecule has 0 spiro atoms. The van der Waals surface area contributed by atoms with E-state index in [4.69, 9.17) is 4.74 Å². The average Bonchev–Trinajstić information content (AvgIpc) is 2.71. The predicted octanol–water partition coefficient (Wildman–Crippen LogP) is 0.655. The van der Waals surface area contributed by atoms with Gasteiger partial charge in [0.15, 0.2) is 0 Å². The summed E-state index contributed by atoms with van der Waals surface area (Å²) in [6, 6.07) is 0.251. The summed E-state index contributed by atoms with van der Waals surface area (Å²) in [6.45, 7) is 6.28. The second-order valence-electron chi connectivity index (χ2n) is 4.57. The van der Waals surface area contributed by atoms with Gasteiger partial charge in [-0.15, -0.1) is 12.4 Å². The quantitative estimate of drug-likeness (QED) is 0.781. The van der Waals surface area contributed by atoms with Crippen molar-refractivity contribution in [3.63, 3.8) is 0 Å². The van der Waals surface area contributed by atoms with E-state index in [9.17, 15) is 4.79 Å². The molecule has 2 aliphatic rings. The number of carbonyl (C=O) groups is 1. The summed E-state index contributed by atoms with van der Waals surface area (Å²) < 4.78 is 5.33. The summed E-state index contributed by atoms with van der Waals surface area (Å²) in [5.41, 5.74) is 0. The third-order valence-electron chi connectivity index (χ3n) is 3.31. The van der Waals surface area contributed by atoms with E-state index >= 15 is 0 Å². The fourth-order valence-corrected chi connectivity index (χ4v) is 2.35. The standard InChI is InChI=1S/C11H20N2O2.ClH/c1-9-8-15-5-4-13(9)11(14)6-10-2-3-12-7-10;/h9-10,12H,2-8H2,1H3;1H. The maximum atomic E-state index is 12.0. The minimum Gasteiger partial charge on any atom is -0.377 e. The summed E-state index contributed by atoms with van der Waals surface area (Å²) >= 11 is 0. The molecule has 2 fully saturated rings. The zero-order valence-electron chi connectivity index (χ0n) is 9.78. The average molecular weight is 249 g/mol. The Morgan fingerprint density at radius 2 is 2.38 bits per heavy atom. The molecule has 0 aromatic rings. The van der Waals surface area contributed by atoms with Gasteiger partial charge in [-0.05, 0) is 32.4 Å². The predicted molar refractivity (Wildman–Crippen MR) is 64.8 cm³/mol. The van der Waals surface area contributed by atoms with Crippen molar-refractivity contribution in [2.45, 2.75) is 25.8 Å². The van der Waals surface area contributed by atoms with Crippen molar-refractivity contribution >= 4 is 18.3 Å². The van der Waals surface area contributed by atoms with Gasteiger partial charge in [0.05, 0.1) is 19.3 Å². The van der Waals surface area contributed by atoms with Crippen LogP contribution in [0.1, 0.15) is 19.8 Å². The highest BCUT2D eigenvalue weighted by Gasteiger charge is 2.26. The van der Waals surface area contributed by atoms with Crippen molar-refractivity contribution in [3.8, 4) is 0 Å². The Labute approximate surface area is 103 Å². The fraction of sp³-hybridized carbons (Fsp3) is 0.909. The third kappa shape index (κ3) is 3.34. The van der Waals surface area contributed by atoms with E-state index in [1.165, 1.54) is 0 Å². The lowest BCUT2D eigenvalue weighted by atomic mass is 10.0. The molecule has 2 saturated heterocycles. The summed E-state index contributed by atoms with van der Waals surface area (Å²) in [4.78, 5) is 14.0. The lowest BCUT2D eigenvalue weighted by Gasteiger charge is -2.34. The van der Waals surface area contributed by atoms with Crippen LogP contribution in [0.3, 0.4) is 0 Å². The maximum absolute atomic E-state index is 12.0. The third-order valence-corrected chi connectivity index (χ3v) is 3.31. The molecule has 1 N–H and O–H groups in total. The van der Waals surface area contributed by atoms with Gasteiger partial charge >= 0.3 is 0 Å². The number of halogens is 1. The van der Waals surface area contributed by atoms with Gasteiger partial charge in [0.25, 0.3) is 0 Å². The first-order valence-corrected chi connectivity index (χ1v) is 5.85. The molecule has 5 heteroatoms. The molecular formula is C11H21ClN2O2. The molecule has 2 unspecified atom stereocenters. The summed E-state index contributed by atoms with van der Waals surface area (Å²) in [5.74, 6) is 0.854. The van der Waals surface area contributed by atoms with Crippen LogP contribution in [-0.2, 0) is 9.53 Å². The van der Waals surface area contributed by atoms with Crippen LogP contribution in [-0.4, -0.2) is 49.7 Å². The van der Waals surface area contributed by atoms with E-state index < -0.39 is 0 Å². The highest BCUT2D eigenvalue weighted by molar-refractivity contribution is 5.85. The van der Waals surface area contributed by atoms with Gasteiger partial charge in [-0.2, -0.15) is 0 Å². The number of nitrogens with zero attached hydrogens (tertiary/aromatic N) is 1. The van der Waals surface area contributed by atoms with Gasteiger partial charge in [0.1, 0.15) is 0 Å². The van der Waals surface area contributed by atoms with Crippen molar-refractivity contribution in [3.05, 3.63) is 0 Å². The molecule has 0 aliphatic carbocycles. The molecule has 1 amide bonds. The van der Waals surface area contributed by atoms with Crippen molar-refractivity contribution in [2.75, 3.05) is 32.8 Å². The molecule has 0 saturated carbocycles. The lowest BCUT2D eigenvalue weighted by Crippen LogP contribution is -2.47. The van der Waals surface area contributed by atoms with Gasteiger partial charge in [0.2, 0.25) is 5.91 Å². The number of hydrogen-bond acceptors (Lipinski definition) is 3. The van der Waals surface area contributed by atoms with Crippen LogP contribution in [0.25, 0.3) is 0 Å². The van der Waals surface area contributed by atoms with Crippen LogP contribution in [0.15, 0.2) is 0 Å². The molecule has 0 bridgehead atoms. The van der Waals surface area contributed by atoms with E-state index in [2.05, 4.69) is 12.2 Å². The second-order valence-corrected chi connectivity index (χ2v) is 4.57. The van der Waals surface area contributed by atoms with E-state index in [1.54, 1.807) is 0 Å². The lowest BCUT2D eigenvalue weighted by molar-refractivity contribution is -0.140. The van der Waals surface area contributed by atoms with E-state index in [0.717, 1.165) is 26.1 Å². The van der Waals surface area contributed by atoms with Crippen molar-refractivity contribution < 1.29 is 9.53 Å². The molecule has 94 valence electrons. The molecule has 0 radical (unpaired) electrons.